The quantitative estimate of drug-likeness (QED) is 0.521. The van der Waals surface area contributed by atoms with E-state index in [1.807, 2.05) is 36.4 Å². The smallest absolute Gasteiger partial charge is 0.105 e. The second-order valence-electron chi connectivity index (χ2n) is 5.96. The van der Waals surface area contributed by atoms with Gasteiger partial charge in [0.2, 0.25) is 0 Å². The molecule has 0 saturated heterocycles. The van der Waals surface area contributed by atoms with E-state index in [1.165, 1.54) is 5.56 Å². The molecule has 0 spiro atoms. The van der Waals surface area contributed by atoms with Crippen molar-refractivity contribution in [1.29, 1.82) is 0 Å². The lowest BCUT2D eigenvalue weighted by Gasteiger charge is -2.13. The highest BCUT2D eigenvalue weighted by Crippen LogP contribution is 2.36. The Morgan fingerprint density at radius 2 is 1.00 bits per heavy atom. The van der Waals surface area contributed by atoms with Gasteiger partial charge in [-0.15, -0.1) is 10.2 Å². The van der Waals surface area contributed by atoms with Crippen molar-refractivity contribution in [3.8, 4) is 33.6 Å². The summed E-state index contributed by atoms with van der Waals surface area (Å²) in [5.41, 5.74) is 7.08. The first-order valence-corrected chi connectivity index (χ1v) is 8.24. The third kappa shape index (κ3) is 3.04. The highest BCUT2D eigenvalue weighted by atomic mass is 15.3. The fourth-order valence-corrected chi connectivity index (χ4v) is 2.91. The molecule has 0 unspecified atom stereocenters. The largest absolute Gasteiger partial charge is 0.129 e. The molecule has 1 aromatic heterocycles. The predicted octanol–water partition coefficient (Wildman–Crippen LogP) is 5.18. The second kappa shape index (κ2) is 6.65. The molecule has 0 saturated carbocycles. The summed E-state index contributed by atoms with van der Waals surface area (Å²) in [6.45, 7) is 2.09. The van der Waals surface area contributed by atoms with Crippen LogP contribution in [-0.2, 0) is 0 Å². The molecule has 0 aliphatic carbocycles. The summed E-state index contributed by atoms with van der Waals surface area (Å²) >= 11 is 0. The lowest BCUT2D eigenvalue weighted by Crippen LogP contribution is -2.00. The lowest BCUT2D eigenvalue weighted by molar-refractivity contribution is 0.878. The van der Waals surface area contributed by atoms with Crippen molar-refractivity contribution in [1.82, 2.24) is 15.4 Å². The number of hydrogen-bond acceptors (Lipinski definition) is 3. The standard InChI is InChI=1S/C22H17N3/c1-16-12-14-17(15-13-16)20-21(18-8-4-2-5-9-18)23-25-24-22(20)19-10-6-3-7-11-19/h2-15H,1H3. The first-order chi connectivity index (χ1) is 12.3. The van der Waals surface area contributed by atoms with E-state index >= 15 is 0 Å². The molecule has 0 atom stereocenters. The number of hydrogen-bond donors (Lipinski definition) is 0. The van der Waals surface area contributed by atoms with Crippen molar-refractivity contribution in [2.75, 3.05) is 0 Å². The summed E-state index contributed by atoms with van der Waals surface area (Å²) in [5.74, 6) is 0. The van der Waals surface area contributed by atoms with Crippen molar-refractivity contribution in [2.45, 2.75) is 6.92 Å². The van der Waals surface area contributed by atoms with E-state index in [4.69, 9.17) is 0 Å². The van der Waals surface area contributed by atoms with Gasteiger partial charge in [0.15, 0.2) is 0 Å². The van der Waals surface area contributed by atoms with Gasteiger partial charge in [-0.3, -0.25) is 0 Å². The van der Waals surface area contributed by atoms with E-state index in [-0.39, 0.29) is 0 Å². The molecule has 0 aliphatic heterocycles. The third-order valence-corrected chi connectivity index (χ3v) is 4.20. The zero-order valence-corrected chi connectivity index (χ0v) is 13.9. The number of aromatic nitrogens is 3. The molecule has 4 rings (SSSR count). The predicted molar refractivity (Wildman–Crippen MR) is 101 cm³/mol. The Morgan fingerprint density at radius 1 is 0.520 bits per heavy atom. The Bertz CT molecular complexity index is 921. The minimum absolute atomic E-state index is 0.846. The van der Waals surface area contributed by atoms with Gasteiger partial charge in [-0.25, -0.2) is 0 Å². The van der Waals surface area contributed by atoms with Crippen molar-refractivity contribution in [3.05, 3.63) is 90.5 Å². The number of aryl methyl sites for hydroxylation is 1. The summed E-state index contributed by atoms with van der Waals surface area (Å²) < 4.78 is 0. The third-order valence-electron chi connectivity index (χ3n) is 4.20. The van der Waals surface area contributed by atoms with Gasteiger partial charge < -0.3 is 0 Å². The van der Waals surface area contributed by atoms with Gasteiger partial charge in [0, 0.05) is 16.7 Å². The minimum Gasteiger partial charge on any atom is -0.129 e. The van der Waals surface area contributed by atoms with Crippen LogP contribution in [0.15, 0.2) is 84.9 Å². The van der Waals surface area contributed by atoms with E-state index in [0.717, 1.165) is 33.6 Å². The number of rotatable bonds is 3. The fourth-order valence-electron chi connectivity index (χ4n) is 2.91. The van der Waals surface area contributed by atoms with Crippen LogP contribution >= 0.6 is 0 Å². The van der Waals surface area contributed by atoms with Crippen LogP contribution in [0.1, 0.15) is 5.56 Å². The highest BCUT2D eigenvalue weighted by molar-refractivity contribution is 5.90. The monoisotopic (exact) mass is 323 g/mol. The maximum absolute atomic E-state index is 4.37. The van der Waals surface area contributed by atoms with E-state index in [1.54, 1.807) is 0 Å². The van der Waals surface area contributed by atoms with E-state index in [9.17, 15) is 0 Å². The molecule has 1 heterocycles. The van der Waals surface area contributed by atoms with Gasteiger partial charge in [0.1, 0.15) is 11.4 Å². The lowest BCUT2D eigenvalue weighted by atomic mass is 9.94. The van der Waals surface area contributed by atoms with Gasteiger partial charge in [0.25, 0.3) is 0 Å². The van der Waals surface area contributed by atoms with Crippen LogP contribution in [0.4, 0.5) is 0 Å². The average Bonchev–Trinajstić information content (AvgIpc) is 2.69. The molecule has 3 aromatic carbocycles. The highest BCUT2D eigenvalue weighted by Gasteiger charge is 2.17. The van der Waals surface area contributed by atoms with Crippen LogP contribution in [0.3, 0.4) is 0 Å². The van der Waals surface area contributed by atoms with Crippen LogP contribution in [0.5, 0.6) is 0 Å². The van der Waals surface area contributed by atoms with Gasteiger partial charge in [-0.2, -0.15) is 0 Å². The SMILES string of the molecule is Cc1ccc(-c2c(-c3ccccc3)nnnc2-c2ccccc2)cc1. The first-order valence-electron chi connectivity index (χ1n) is 8.24. The molecule has 0 bridgehead atoms. The molecular formula is C22H17N3. The van der Waals surface area contributed by atoms with Crippen molar-refractivity contribution < 1.29 is 0 Å². The van der Waals surface area contributed by atoms with Gasteiger partial charge in [0.05, 0.1) is 0 Å². The molecule has 120 valence electrons. The average molecular weight is 323 g/mol. The van der Waals surface area contributed by atoms with Crippen molar-refractivity contribution >= 4 is 0 Å². The summed E-state index contributed by atoms with van der Waals surface area (Å²) in [6, 6.07) is 28.7. The van der Waals surface area contributed by atoms with Crippen LogP contribution in [0.2, 0.25) is 0 Å². The Morgan fingerprint density at radius 3 is 1.48 bits per heavy atom. The summed E-state index contributed by atoms with van der Waals surface area (Å²) in [5, 5.41) is 12.8. The summed E-state index contributed by atoms with van der Waals surface area (Å²) in [4.78, 5) is 0. The molecule has 0 amide bonds. The molecule has 25 heavy (non-hydrogen) atoms. The topological polar surface area (TPSA) is 38.7 Å². The second-order valence-corrected chi connectivity index (χ2v) is 5.96. The molecule has 0 radical (unpaired) electrons. The number of benzene rings is 3. The van der Waals surface area contributed by atoms with Gasteiger partial charge >= 0.3 is 0 Å². The molecule has 3 heteroatoms. The summed E-state index contributed by atoms with van der Waals surface area (Å²) in [6.07, 6.45) is 0. The maximum atomic E-state index is 4.37. The Kier molecular flexibility index (Phi) is 4.05. The Labute approximate surface area is 147 Å². The first kappa shape index (κ1) is 15.2. The molecular weight excluding hydrogens is 306 g/mol. The Hall–Kier alpha value is -3.33. The van der Waals surface area contributed by atoms with E-state index in [2.05, 4.69) is 70.9 Å². The van der Waals surface area contributed by atoms with Crippen LogP contribution in [0, 0.1) is 6.92 Å². The molecule has 0 N–H and O–H groups in total. The van der Waals surface area contributed by atoms with E-state index in [0.29, 0.717) is 0 Å². The van der Waals surface area contributed by atoms with Crippen LogP contribution in [0.25, 0.3) is 33.6 Å². The molecule has 0 aliphatic rings. The van der Waals surface area contributed by atoms with Gasteiger partial charge in [-0.05, 0) is 17.7 Å². The normalized spacial score (nSPS) is 10.6. The Balaban J connectivity index is 2.01. The minimum atomic E-state index is 0.846. The van der Waals surface area contributed by atoms with Crippen molar-refractivity contribution in [2.24, 2.45) is 0 Å². The summed E-state index contributed by atoms with van der Waals surface area (Å²) in [7, 11) is 0. The molecule has 0 fully saturated rings. The van der Waals surface area contributed by atoms with Gasteiger partial charge in [-0.1, -0.05) is 90.5 Å². The van der Waals surface area contributed by atoms with Crippen molar-refractivity contribution in [3.63, 3.8) is 0 Å². The zero-order valence-electron chi connectivity index (χ0n) is 13.9. The maximum Gasteiger partial charge on any atom is 0.105 e. The fraction of sp³-hybridized carbons (Fsp3) is 0.0455. The number of nitrogens with zero attached hydrogens (tertiary/aromatic N) is 3. The zero-order chi connectivity index (χ0) is 17.1. The van der Waals surface area contributed by atoms with E-state index < -0.39 is 0 Å². The molecule has 3 nitrogen and oxygen atoms in total. The van der Waals surface area contributed by atoms with Crippen LogP contribution < -0.4 is 0 Å². The molecule has 4 aromatic rings. The van der Waals surface area contributed by atoms with Crippen LogP contribution in [-0.4, -0.2) is 15.4 Å².